The van der Waals surface area contributed by atoms with E-state index in [0.717, 1.165) is 12.0 Å². The molecular formula is C10H13NO2. The number of carboxylic acids is 1. The van der Waals surface area contributed by atoms with Gasteiger partial charge in [-0.15, -0.1) is 0 Å². The molecule has 1 atom stereocenters. The number of nitrogens with zero attached hydrogens (tertiary/aromatic N) is 1. The van der Waals surface area contributed by atoms with Gasteiger partial charge in [0.2, 0.25) is 0 Å². The molecule has 1 aromatic rings. The third-order valence-corrected chi connectivity index (χ3v) is 1.98. The Balaban J connectivity index is 2.82. The Morgan fingerprint density at radius 2 is 2.15 bits per heavy atom. The zero-order valence-electron chi connectivity index (χ0n) is 7.60. The molecule has 70 valence electrons. The summed E-state index contributed by atoms with van der Waals surface area (Å²) in [6, 6.07) is 3.52. The molecule has 0 saturated carbocycles. The van der Waals surface area contributed by atoms with Gasteiger partial charge in [0.25, 0.3) is 0 Å². The van der Waals surface area contributed by atoms with Crippen molar-refractivity contribution >= 4 is 5.97 Å². The summed E-state index contributed by atoms with van der Waals surface area (Å²) >= 11 is 0. The largest absolute Gasteiger partial charge is 0.481 e. The minimum Gasteiger partial charge on any atom is -0.481 e. The van der Waals surface area contributed by atoms with E-state index in [2.05, 4.69) is 4.98 Å². The van der Waals surface area contributed by atoms with E-state index in [-0.39, 0.29) is 5.92 Å². The number of rotatable bonds is 4. The zero-order valence-corrected chi connectivity index (χ0v) is 7.60. The highest BCUT2D eigenvalue weighted by atomic mass is 16.4. The highest BCUT2D eigenvalue weighted by molar-refractivity contribution is 5.75. The summed E-state index contributed by atoms with van der Waals surface area (Å²) in [5, 5.41) is 8.94. The fourth-order valence-electron chi connectivity index (χ4n) is 1.32. The number of carboxylic acid groups (broad SMARTS) is 1. The number of hydrogen-bond acceptors (Lipinski definition) is 2. The normalized spacial score (nSPS) is 12.4. The summed E-state index contributed by atoms with van der Waals surface area (Å²) in [5.41, 5.74) is 0.837. The van der Waals surface area contributed by atoms with Gasteiger partial charge in [-0.1, -0.05) is 13.3 Å². The number of aliphatic carboxylic acids is 1. The van der Waals surface area contributed by atoms with E-state index in [1.807, 2.05) is 6.92 Å². The standard InChI is InChI=1S/C10H13NO2/c1-2-3-9(10(12)13)8-4-6-11-7-5-8/h4-7,9H,2-3H2,1H3,(H,12,13). The quantitative estimate of drug-likeness (QED) is 0.769. The third kappa shape index (κ3) is 2.54. The summed E-state index contributed by atoms with van der Waals surface area (Å²) in [4.78, 5) is 14.7. The van der Waals surface area contributed by atoms with Gasteiger partial charge in [0, 0.05) is 12.4 Å². The number of hydrogen-bond donors (Lipinski definition) is 1. The first-order chi connectivity index (χ1) is 6.25. The van der Waals surface area contributed by atoms with Crippen molar-refractivity contribution in [3.05, 3.63) is 30.1 Å². The fourth-order valence-corrected chi connectivity index (χ4v) is 1.32. The molecule has 0 bridgehead atoms. The molecule has 0 amide bonds. The van der Waals surface area contributed by atoms with Gasteiger partial charge in [0.15, 0.2) is 0 Å². The molecule has 0 aliphatic rings. The first-order valence-electron chi connectivity index (χ1n) is 4.38. The molecule has 0 spiro atoms. The van der Waals surface area contributed by atoms with Crippen LogP contribution in [-0.2, 0) is 4.79 Å². The summed E-state index contributed by atoms with van der Waals surface area (Å²) in [5.74, 6) is -1.14. The number of carbonyl (C=O) groups is 1. The average Bonchev–Trinajstić information content (AvgIpc) is 2.15. The van der Waals surface area contributed by atoms with Crippen LogP contribution in [0.25, 0.3) is 0 Å². The van der Waals surface area contributed by atoms with E-state index < -0.39 is 5.97 Å². The van der Waals surface area contributed by atoms with Crippen LogP contribution < -0.4 is 0 Å². The van der Waals surface area contributed by atoms with Crippen LogP contribution in [0, 0.1) is 0 Å². The molecule has 0 aliphatic carbocycles. The van der Waals surface area contributed by atoms with E-state index in [4.69, 9.17) is 5.11 Å². The van der Waals surface area contributed by atoms with Gasteiger partial charge in [-0.25, -0.2) is 0 Å². The molecule has 1 N–H and O–H groups in total. The number of pyridine rings is 1. The second-order valence-electron chi connectivity index (χ2n) is 2.96. The van der Waals surface area contributed by atoms with Gasteiger partial charge in [-0.3, -0.25) is 9.78 Å². The summed E-state index contributed by atoms with van der Waals surface area (Å²) in [6.45, 7) is 1.98. The summed E-state index contributed by atoms with van der Waals surface area (Å²) in [6.07, 6.45) is 4.81. The molecule has 1 unspecified atom stereocenters. The van der Waals surface area contributed by atoms with Gasteiger partial charge >= 0.3 is 5.97 Å². The van der Waals surface area contributed by atoms with E-state index in [1.54, 1.807) is 24.5 Å². The van der Waals surface area contributed by atoms with Crippen molar-refractivity contribution in [1.82, 2.24) is 4.98 Å². The fraction of sp³-hybridized carbons (Fsp3) is 0.400. The van der Waals surface area contributed by atoms with Gasteiger partial charge in [-0.2, -0.15) is 0 Å². The van der Waals surface area contributed by atoms with Crippen molar-refractivity contribution in [3.8, 4) is 0 Å². The Hall–Kier alpha value is -1.38. The minimum absolute atomic E-state index is 0.381. The maximum absolute atomic E-state index is 10.9. The Labute approximate surface area is 77.4 Å². The molecule has 0 saturated heterocycles. The molecule has 1 aromatic heterocycles. The Morgan fingerprint density at radius 3 is 2.62 bits per heavy atom. The molecule has 3 heteroatoms. The molecule has 0 radical (unpaired) electrons. The average molecular weight is 179 g/mol. The summed E-state index contributed by atoms with van der Waals surface area (Å²) < 4.78 is 0. The van der Waals surface area contributed by atoms with E-state index in [0.29, 0.717) is 6.42 Å². The lowest BCUT2D eigenvalue weighted by Gasteiger charge is -2.10. The lowest BCUT2D eigenvalue weighted by molar-refractivity contribution is -0.139. The predicted octanol–water partition coefficient (Wildman–Crippen LogP) is 2.05. The van der Waals surface area contributed by atoms with Gasteiger partial charge in [0.05, 0.1) is 5.92 Å². The molecule has 3 nitrogen and oxygen atoms in total. The second-order valence-corrected chi connectivity index (χ2v) is 2.96. The smallest absolute Gasteiger partial charge is 0.310 e. The minimum atomic E-state index is -0.756. The molecule has 0 aromatic carbocycles. The lowest BCUT2D eigenvalue weighted by Crippen LogP contribution is -2.11. The van der Waals surface area contributed by atoms with Crippen LogP contribution in [0.1, 0.15) is 31.2 Å². The van der Waals surface area contributed by atoms with Crippen LogP contribution in [-0.4, -0.2) is 16.1 Å². The summed E-state index contributed by atoms with van der Waals surface area (Å²) in [7, 11) is 0. The molecule has 0 fully saturated rings. The Kier molecular flexibility index (Phi) is 3.43. The third-order valence-electron chi connectivity index (χ3n) is 1.98. The van der Waals surface area contributed by atoms with Gasteiger partial charge < -0.3 is 5.11 Å². The van der Waals surface area contributed by atoms with Gasteiger partial charge in [-0.05, 0) is 24.1 Å². The first kappa shape index (κ1) is 9.71. The molecular weight excluding hydrogens is 166 g/mol. The van der Waals surface area contributed by atoms with Crippen LogP contribution in [0.4, 0.5) is 0 Å². The zero-order chi connectivity index (χ0) is 9.68. The predicted molar refractivity (Wildman–Crippen MR) is 49.5 cm³/mol. The monoisotopic (exact) mass is 179 g/mol. The van der Waals surface area contributed by atoms with Crippen LogP contribution in [0.15, 0.2) is 24.5 Å². The van der Waals surface area contributed by atoms with Crippen molar-refractivity contribution in [3.63, 3.8) is 0 Å². The van der Waals surface area contributed by atoms with E-state index >= 15 is 0 Å². The van der Waals surface area contributed by atoms with E-state index in [1.165, 1.54) is 0 Å². The number of aromatic nitrogens is 1. The first-order valence-corrected chi connectivity index (χ1v) is 4.38. The Bertz CT molecular complexity index is 272. The van der Waals surface area contributed by atoms with Gasteiger partial charge in [0.1, 0.15) is 0 Å². The second kappa shape index (κ2) is 4.60. The maximum atomic E-state index is 10.9. The van der Waals surface area contributed by atoms with Crippen molar-refractivity contribution in [2.75, 3.05) is 0 Å². The van der Waals surface area contributed by atoms with Crippen LogP contribution in [0.5, 0.6) is 0 Å². The van der Waals surface area contributed by atoms with Crippen LogP contribution in [0.2, 0.25) is 0 Å². The highest BCUT2D eigenvalue weighted by Gasteiger charge is 2.17. The lowest BCUT2D eigenvalue weighted by atomic mass is 9.96. The molecule has 0 aliphatic heterocycles. The Morgan fingerprint density at radius 1 is 1.54 bits per heavy atom. The topological polar surface area (TPSA) is 50.2 Å². The molecule has 1 heterocycles. The SMILES string of the molecule is CCCC(C(=O)O)c1ccncc1. The van der Waals surface area contributed by atoms with E-state index in [9.17, 15) is 4.79 Å². The van der Waals surface area contributed by atoms with Crippen molar-refractivity contribution in [2.24, 2.45) is 0 Å². The van der Waals surface area contributed by atoms with Crippen LogP contribution >= 0.6 is 0 Å². The molecule has 1 rings (SSSR count). The van der Waals surface area contributed by atoms with Crippen molar-refractivity contribution in [1.29, 1.82) is 0 Å². The van der Waals surface area contributed by atoms with Crippen LogP contribution in [0.3, 0.4) is 0 Å². The van der Waals surface area contributed by atoms with Crippen molar-refractivity contribution < 1.29 is 9.90 Å². The maximum Gasteiger partial charge on any atom is 0.310 e. The molecule has 13 heavy (non-hydrogen) atoms. The van der Waals surface area contributed by atoms with Crippen molar-refractivity contribution in [2.45, 2.75) is 25.7 Å². The highest BCUT2D eigenvalue weighted by Crippen LogP contribution is 2.20.